The van der Waals surface area contributed by atoms with Gasteiger partial charge in [0.15, 0.2) is 5.15 Å². The number of rotatable bonds is 6. The first-order valence-electron chi connectivity index (χ1n) is 16.8. The largest absolute Gasteiger partial charge is 0.460 e. The zero-order chi connectivity index (χ0) is 35.5. The van der Waals surface area contributed by atoms with Gasteiger partial charge in [0.05, 0.1) is 49.3 Å². The third kappa shape index (κ3) is 7.33. The van der Waals surface area contributed by atoms with Gasteiger partial charge in [0, 0.05) is 42.0 Å². The van der Waals surface area contributed by atoms with Gasteiger partial charge in [-0.2, -0.15) is 0 Å². The SMILES string of the molecule is CCOC(=O)c1cnc(N2CCN3c4cccc(c4)[C@@H](n4cnc(-c5cc(Cl)ccc5-n5cc(Cl)nn5)cc4=O)CCCCCNC(=O)[C@H]3C2)o1. The highest BCUT2D eigenvalue weighted by Crippen LogP contribution is 2.32. The number of carbonyl (C=O) groups is 2. The molecule has 2 aromatic carbocycles. The number of hydrogen-bond acceptors (Lipinski definition) is 11. The summed E-state index contributed by atoms with van der Waals surface area (Å²) in [6.07, 6.45) is 7.67. The van der Waals surface area contributed by atoms with E-state index in [4.69, 9.17) is 37.3 Å². The van der Waals surface area contributed by atoms with Gasteiger partial charge in [-0.1, -0.05) is 53.4 Å². The lowest BCUT2D eigenvalue weighted by molar-refractivity contribution is -0.122. The highest BCUT2D eigenvalue weighted by Gasteiger charge is 2.35. The molecule has 3 aromatic heterocycles. The number of ether oxygens (including phenoxy) is 1. The van der Waals surface area contributed by atoms with Gasteiger partial charge in [0.1, 0.15) is 6.04 Å². The lowest BCUT2D eigenvalue weighted by Gasteiger charge is -2.41. The molecule has 0 aliphatic carbocycles. The van der Waals surface area contributed by atoms with Crippen molar-refractivity contribution in [3.63, 3.8) is 0 Å². The van der Waals surface area contributed by atoms with Crippen molar-refractivity contribution >= 4 is 46.8 Å². The Morgan fingerprint density at radius 2 is 1.92 bits per heavy atom. The Morgan fingerprint density at radius 1 is 1.04 bits per heavy atom. The normalized spacial score (nSPS) is 18.2. The topological polar surface area (TPSA) is 154 Å². The molecule has 0 unspecified atom stereocenters. The van der Waals surface area contributed by atoms with E-state index in [1.165, 1.54) is 16.9 Å². The van der Waals surface area contributed by atoms with Crippen molar-refractivity contribution in [1.82, 2.24) is 34.8 Å². The average molecular weight is 733 g/mol. The fourth-order valence-corrected chi connectivity index (χ4v) is 6.91. The Labute approximate surface area is 302 Å². The summed E-state index contributed by atoms with van der Waals surface area (Å²) in [5.41, 5.74) is 3.22. The number of fused-ring (bicyclic) bond motifs is 4. The van der Waals surface area contributed by atoms with Gasteiger partial charge >= 0.3 is 5.97 Å². The van der Waals surface area contributed by atoms with E-state index in [9.17, 15) is 14.4 Å². The summed E-state index contributed by atoms with van der Waals surface area (Å²) < 4.78 is 14.0. The molecule has 2 atom stereocenters. The Hall–Kier alpha value is -5.21. The van der Waals surface area contributed by atoms with Crippen LogP contribution in [0.1, 0.15) is 54.8 Å². The summed E-state index contributed by atoms with van der Waals surface area (Å²) in [7, 11) is 0. The number of nitrogens with zero attached hydrogens (tertiary/aromatic N) is 8. The molecule has 14 nitrogen and oxygen atoms in total. The van der Waals surface area contributed by atoms with E-state index in [1.807, 2.05) is 29.2 Å². The van der Waals surface area contributed by atoms with Crippen molar-refractivity contribution in [3.8, 4) is 16.9 Å². The molecule has 0 saturated carbocycles. The first-order valence-corrected chi connectivity index (χ1v) is 17.5. The quantitative estimate of drug-likeness (QED) is 0.236. The molecule has 1 saturated heterocycles. The van der Waals surface area contributed by atoms with Crippen LogP contribution in [-0.2, 0) is 9.53 Å². The van der Waals surface area contributed by atoms with E-state index in [-0.39, 0.29) is 41.0 Å². The summed E-state index contributed by atoms with van der Waals surface area (Å²) in [5, 5.41) is 11.8. The minimum atomic E-state index is -0.587. The molecule has 1 amide bonds. The van der Waals surface area contributed by atoms with Gasteiger partial charge in [-0.3, -0.25) is 14.2 Å². The van der Waals surface area contributed by atoms with Crippen LogP contribution >= 0.6 is 23.2 Å². The third-order valence-corrected chi connectivity index (χ3v) is 9.49. The highest BCUT2D eigenvalue weighted by molar-refractivity contribution is 6.31. The molecule has 5 heterocycles. The summed E-state index contributed by atoms with van der Waals surface area (Å²) >= 11 is 12.4. The molecule has 51 heavy (non-hydrogen) atoms. The predicted octanol–water partition coefficient (Wildman–Crippen LogP) is 4.94. The molecule has 1 N–H and O–H groups in total. The first-order chi connectivity index (χ1) is 24.8. The summed E-state index contributed by atoms with van der Waals surface area (Å²) in [6.45, 7) is 3.73. The monoisotopic (exact) mass is 731 g/mol. The molecule has 16 heteroatoms. The molecule has 5 aromatic rings. The molecule has 2 aliphatic heterocycles. The van der Waals surface area contributed by atoms with Gasteiger partial charge < -0.3 is 24.3 Å². The zero-order valence-corrected chi connectivity index (χ0v) is 29.3. The van der Waals surface area contributed by atoms with E-state index >= 15 is 0 Å². The van der Waals surface area contributed by atoms with Crippen molar-refractivity contribution in [2.24, 2.45) is 0 Å². The number of amides is 1. The molecule has 7 rings (SSSR count). The van der Waals surface area contributed by atoms with Gasteiger partial charge in [-0.25, -0.2) is 19.4 Å². The van der Waals surface area contributed by atoms with Crippen LogP contribution in [-0.4, -0.2) is 80.2 Å². The van der Waals surface area contributed by atoms with Crippen LogP contribution in [0.3, 0.4) is 0 Å². The molecular weight excluding hydrogens is 697 g/mol. The minimum Gasteiger partial charge on any atom is -0.460 e. The molecule has 2 bridgehead atoms. The van der Waals surface area contributed by atoms with Crippen LogP contribution < -0.4 is 20.7 Å². The smallest absolute Gasteiger partial charge is 0.376 e. The second-order valence-electron chi connectivity index (χ2n) is 12.3. The number of anilines is 2. The number of benzene rings is 2. The number of carbonyl (C=O) groups excluding carboxylic acids is 2. The second kappa shape index (κ2) is 15.0. The second-order valence-corrected chi connectivity index (χ2v) is 13.1. The summed E-state index contributed by atoms with van der Waals surface area (Å²) in [4.78, 5) is 52.7. The number of hydrogen-bond donors (Lipinski definition) is 1. The number of oxazole rings is 1. The fourth-order valence-electron chi connectivity index (χ4n) is 6.61. The van der Waals surface area contributed by atoms with Crippen LogP contribution in [0.4, 0.5) is 11.7 Å². The van der Waals surface area contributed by atoms with Crippen LogP contribution in [0.5, 0.6) is 0 Å². The lowest BCUT2D eigenvalue weighted by Crippen LogP contribution is -2.59. The van der Waals surface area contributed by atoms with Crippen molar-refractivity contribution in [1.29, 1.82) is 0 Å². The minimum absolute atomic E-state index is 0.0123. The first kappa shape index (κ1) is 34.2. The molecule has 2 aliphatic rings. The zero-order valence-electron chi connectivity index (χ0n) is 27.7. The average Bonchev–Trinajstić information content (AvgIpc) is 3.81. The number of piperazine rings is 1. The van der Waals surface area contributed by atoms with Gasteiger partial charge in [-0.15, -0.1) is 5.10 Å². The lowest BCUT2D eigenvalue weighted by atomic mass is 9.98. The Balaban J connectivity index is 1.20. The van der Waals surface area contributed by atoms with Crippen molar-refractivity contribution in [2.75, 3.05) is 42.6 Å². The maximum Gasteiger partial charge on any atom is 0.376 e. The molecule has 264 valence electrons. The van der Waals surface area contributed by atoms with Crippen LogP contribution in [0, 0.1) is 0 Å². The van der Waals surface area contributed by atoms with Crippen molar-refractivity contribution in [3.05, 3.63) is 99.1 Å². The number of esters is 1. The maximum atomic E-state index is 13.9. The van der Waals surface area contributed by atoms with E-state index in [0.717, 1.165) is 30.5 Å². The van der Waals surface area contributed by atoms with Crippen molar-refractivity contribution in [2.45, 2.75) is 44.7 Å². The standard InChI is InChI=1S/C35H35Cl2N9O5/c1-2-50-34(49)30-18-39-35(51-30)43-13-14-44-24-8-6-7-22(15-24)27(9-4-3-5-12-38-33(48)29(44)19-43)45-21-40-26(17-32(45)47)25-16-23(36)10-11-28(25)46-20-31(37)41-42-46/h6-8,10-11,15-18,20-21,27,29H,2-5,9,12-14,19H2,1H3,(H,38,48)/t27-,29+/m0/s1. The van der Waals surface area contributed by atoms with Crippen LogP contribution in [0.2, 0.25) is 10.2 Å². The number of halogens is 2. The predicted molar refractivity (Wildman–Crippen MR) is 191 cm³/mol. The van der Waals surface area contributed by atoms with Crippen molar-refractivity contribution < 1.29 is 18.7 Å². The fraction of sp³-hybridized carbons (Fsp3) is 0.343. The van der Waals surface area contributed by atoms with E-state index < -0.39 is 12.0 Å². The molecular formula is C35H35Cl2N9O5. The third-order valence-electron chi connectivity index (χ3n) is 9.08. The van der Waals surface area contributed by atoms with Gasteiger partial charge in [0.25, 0.3) is 11.6 Å². The van der Waals surface area contributed by atoms with Crippen LogP contribution in [0.25, 0.3) is 16.9 Å². The number of nitrogens with one attached hydrogen (secondary N) is 1. The summed E-state index contributed by atoms with van der Waals surface area (Å²) in [5.74, 6) is -0.683. The van der Waals surface area contributed by atoms with Gasteiger partial charge in [-0.05, 0) is 55.7 Å². The van der Waals surface area contributed by atoms with E-state index in [0.29, 0.717) is 54.6 Å². The Kier molecular flexibility index (Phi) is 10.0. The van der Waals surface area contributed by atoms with Gasteiger partial charge in [0.2, 0.25) is 11.7 Å². The van der Waals surface area contributed by atoms with Crippen LogP contribution in [0.15, 0.2) is 76.5 Å². The maximum absolute atomic E-state index is 13.9. The number of aromatic nitrogens is 6. The summed E-state index contributed by atoms with van der Waals surface area (Å²) in [6, 6.07) is 14.1. The molecule has 0 radical (unpaired) electrons. The highest BCUT2D eigenvalue weighted by atomic mass is 35.5. The molecule has 1 fully saturated rings. The Bertz CT molecular complexity index is 2110. The van der Waals surface area contributed by atoms with E-state index in [2.05, 4.69) is 25.5 Å². The molecule has 0 spiro atoms. The van der Waals surface area contributed by atoms with E-state index in [1.54, 1.807) is 42.2 Å². The Morgan fingerprint density at radius 3 is 2.73 bits per heavy atom.